The fraction of sp³-hybridized carbons (Fsp3) is 0.125. The Bertz CT molecular complexity index is 334. The number of hydrogen-bond donors (Lipinski definition) is 1. The fourth-order valence-electron chi connectivity index (χ4n) is 0.793. The number of nitrogens with zero attached hydrogens (tertiary/aromatic N) is 1. The molecule has 2 nitrogen and oxygen atoms in total. The second kappa shape index (κ2) is 3.65. The van der Waals surface area contributed by atoms with Gasteiger partial charge < -0.3 is 5.11 Å². The van der Waals surface area contributed by atoms with Crippen LogP contribution in [0.25, 0.3) is 0 Å². The van der Waals surface area contributed by atoms with Gasteiger partial charge in [0.25, 0.3) is 0 Å². The summed E-state index contributed by atoms with van der Waals surface area (Å²) in [4.78, 5) is 0. The Hall–Kier alpha value is -0.920. The van der Waals surface area contributed by atoms with E-state index in [0.717, 1.165) is 0 Å². The summed E-state index contributed by atoms with van der Waals surface area (Å²) < 4.78 is 12.9. The van der Waals surface area contributed by atoms with Crippen LogP contribution in [0.3, 0.4) is 0 Å². The maximum Gasteiger partial charge on any atom is 0.166 e. The van der Waals surface area contributed by atoms with Crippen molar-refractivity contribution in [2.45, 2.75) is 6.10 Å². The zero-order chi connectivity index (χ0) is 9.14. The monoisotopic (exact) mass is 229 g/mol. The van der Waals surface area contributed by atoms with Gasteiger partial charge in [-0.15, -0.1) is 0 Å². The summed E-state index contributed by atoms with van der Waals surface area (Å²) in [5.74, 6) is -0.407. The van der Waals surface area contributed by atoms with E-state index in [9.17, 15) is 4.39 Å². The van der Waals surface area contributed by atoms with Crippen molar-refractivity contribution in [1.29, 1.82) is 5.26 Å². The highest BCUT2D eigenvalue weighted by Gasteiger charge is 2.09. The maximum absolute atomic E-state index is 12.5. The Kier molecular flexibility index (Phi) is 2.79. The van der Waals surface area contributed by atoms with Crippen molar-refractivity contribution >= 4 is 15.9 Å². The molecule has 1 aromatic rings. The molecule has 0 heterocycles. The van der Waals surface area contributed by atoms with Gasteiger partial charge in [0.15, 0.2) is 6.10 Å². The first-order valence-corrected chi connectivity index (χ1v) is 3.97. The molecule has 12 heavy (non-hydrogen) atoms. The third-order valence-corrected chi connectivity index (χ3v) is 2.07. The van der Waals surface area contributed by atoms with E-state index in [1.165, 1.54) is 18.2 Å². The molecule has 0 saturated heterocycles. The van der Waals surface area contributed by atoms with E-state index in [4.69, 9.17) is 10.4 Å². The summed E-state index contributed by atoms with van der Waals surface area (Å²) in [6.45, 7) is 0. The lowest BCUT2D eigenvalue weighted by Crippen LogP contribution is -1.94. The van der Waals surface area contributed by atoms with Crippen LogP contribution in [-0.4, -0.2) is 5.11 Å². The molecule has 0 bridgehead atoms. The van der Waals surface area contributed by atoms with Crippen molar-refractivity contribution in [2.75, 3.05) is 0 Å². The molecule has 1 aromatic carbocycles. The summed E-state index contributed by atoms with van der Waals surface area (Å²) in [7, 11) is 0. The standard InChI is InChI=1S/C8H5BrFNO/c9-7-3-5(10)1-2-6(7)8(12)4-11/h1-3,8,12H. The first kappa shape index (κ1) is 9.17. The fourth-order valence-corrected chi connectivity index (χ4v) is 1.36. The van der Waals surface area contributed by atoms with Crippen molar-refractivity contribution in [3.63, 3.8) is 0 Å². The molecule has 62 valence electrons. The topological polar surface area (TPSA) is 44.0 Å². The number of rotatable bonds is 1. The highest BCUT2D eigenvalue weighted by molar-refractivity contribution is 9.10. The normalized spacial score (nSPS) is 12.2. The van der Waals surface area contributed by atoms with Crippen LogP contribution < -0.4 is 0 Å². The van der Waals surface area contributed by atoms with Crippen LogP contribution in [0, 0.1) is 17.1 Å². The second-order valence-electron chi connectivity index (χ2n) is 2.20. The molecule has 1 atom stereocenters. The Labute approximate surface area is 77.4 Å². The van der Waals surface area contributed by atoms with Crippen LogP contribution in [-0.2, 0) is 0 Å². The second-order valence-corrected chi connectivity index (χ2v) is 3.05. The van der Waals surface area contributed by atoms with E-state index in [2.05, 4.69) is 15.9 Å². The molecule has 1 rings (SSSR count). The molecule has 0 amide bonds. The van der Waals surface area contributed by atoms with Crippen molar-refractivity contribution in [1.82, 2.24) is 0 Å². The molecule has 0 aliphatic rings. The minimum Gasteiger partial charge on any atom is -0.374 e. The molecule has 0 aliphatic heterocycles. The minimum atomic E-state index is -1.21. The lowest BCUT2D eigenvalue weighted by atomic mass is 10.1. The molecular formula is C8H5BrFNO. The number of hydrogen-bond acceptors (Lipinski definition) is 2. The first-order valence-electron chi connectivity index (χ1n) is 3.18. The summed E-state index contributed by atoms with van der Waals surface area (Å²) in [5.41, 5.74) is 0.374. The molecule has 0 fully saturated rings. The Morgan fingerprint density at radius 3 is 2.75 bits per heavy atom. The van der Waals surface area contributed by atoms with Crippen molar-refractivity contribution in [3.05, 3.63) is 34.1 Å². The van der Waals surface area contributed by atoms with Crippen molar-refractivity contribution in [3.8, 4) is 6.07 Å². The van der Waals surface area contributed by atoms with Gasteiger partial charge in [0.2, 0.25) is 0 Å². The first-order chi connectivity index (χ1) is 5.65. The third kappa shape index (κ3) is 1.81. The quantitative estimate of drug-likeness (QED) is 0.751. The van der Waals surface area contributed by atoms with E-state index in [-0.39, 0.29) is 0 Å². The molecule has 0 saturated carbocycles. The van der Waals surface area contributed by atoms with Gasteiger partial charge >= 0.3 is 0 Å². The summed E-state index contributed by atoms with van der Waals surface area (Å²) in [6, 6.07) is 5.41. The van der Waals surface area contributed by atoms with Gasteiger partial charge in [-0.25, -0.2) is 4.39 Å². The molecule has 1 N–H and O–H groups in total. The lowest BCUT2D eigenvalue weighted by Gasteiger charge is -2.03. The Balaban J connectivity index is 3.11. The van der Waals surface area contributed by atoms with Crippen LogP contribution >= 0.6 is 15.9 Å². The maximum atomic E-state index is 12.5. The lowest BCUT2D eigenvalue weighted by molar-refractivity contribution is 0.235. The SMILES string of the molecule is N#CC(O)c1ccc(F)cc1Br. The van der Waals surface area contributed by atoms with Gasteiger partial charge in [0.05, 0.1) is 6.07 Å². The highest BCUT2D eigenvalue weighted by atomic mass is 79.9. The molecule has 0 aliphatic carbocycles. The van der Waals surface area contributed by atoms with E-state index >= 15 is 0 Å². The van der Waals surface area contributed by atoms with E-state index in [1.54, 1.807) is 6.07 Å². The molecule has 4 heteroatoms. The summed E-state index contributed by atoms with van der Waals surface area (Å²) >= 11 is 3.04. The van der Waals surface area contributed by atoms with Gasteiger partial charge in [0, 0.05) is 10.0 Å². The average Bonchev–Trinajstić information content (AvgIpc) is 2.03. The number of nitriles is 1. The van der Waals surface area contributed by atoms with Crippen molar-refractivity contribution < 1.29 is 9.50 Å². The van der Waals surface area contributed by atoms with E-state index < -0.39 is 11.9 Å². The third-order valence-electron chi connectivity index (χ3n) is 1.38. The number of benzene rings is 1. The largest absolute Gasteiger partial charge is 0.374 e. The van der Waals surface area contributed by atoms with Crippen LogP contribution in [0.4, 0.5) is 4.39 Å². The molecule has 0 aromatic heterocycles. The van der Waals surface area contributed by atoms with Crippen LogP contribution in [0.5, 0.6) is 0 Å². The van der Waals surface area contributed by atoms with E-state index in [0.29, 0.717) is 10.0 Å². The highest BCUT2D eigenvalue weighted by Crippen LogP contribution is 2.23. The molecule has 0 radical (unpaired) electrons. The van der Waals surface area contributed by atoms with E-state index in [1.807, 2.05) is 0 Å². The molecule has 0 spiro atoms. The zero-order valence-corrected chi connectivity index (χ0v) is 7.55. The van der Waals surface area contributed by atoms with Gasteiger partial charge in [-0.1, -0.05) is 22.0 Å². The average molecular weight is 230 g/mol. The van der Waals surface area contributed by atoms with Gasteiger partial charge in [-0.2, -0.15) is 5.26 Å². The Morgan fingerprint density at radius 2 is 2.25 bits per heavy atom. The predicted molar refractivity (Wildman–Crippen MR) is 44.7 cm³/mol. The zero-order valence-electron chi connectivity index (χ0n) is 5.96. The number of halogens is 2. The predicted octanol–water partition coefficient (Wildman–Crippen LogP) is 2.15. The van der Waals surface area contributed by atoms with Gasteiger partial charge in [-0.05, 0) is 12.1 Å². The van der Waals surface area contributed by atoms with Gasteiger partial charge in [-0.3, -0.25) is 0 Å². The Morgan fingerprint density at radius 1 is 1.58 bits per heavy atom. The van der Waals surface area contributed by atoms with Crippen molar-refractivity contribution in [2.24, 2.45) is 0 Å². The van der Waals surface area contributed by atoms with Gasteiger partial charge in [0.1, 0.15) is 5.82 Å². The van der Waals surface area contributed by atoms with Crippen LogP contribution in [0.2, 0.25) is 0 Å². The number of aliphatic hydroxyl groups is 1. The molecular weight excluding hydrogens is 225 g/mol. The smallest absolute Gasteiger partial charge is 0.166 e. The molecule has 1 unspecified atom stereocenters. The minimum absolute atomic E-state index is 0.374. The number of aliphatic hydroxyl groups excluding tert-OH is 1. The van der Waals surface area contributed by atoms with Crippen LogP contribution in [0.15, 0.2) is 22.7 Å². The summed E-state index contributed by atoms with van der Waals surface area (Å²) in [6.07, 6.45) is -1.21. The van der Waals surface area contributed by atoms with Crippen LogP contribution in [0.1, 0.15) is 11.7 Å². The summed E-state index contributed by atoms with van der Waals surface area (Å²) in [5, 5.41) is 17.5.